The molecule has 0 radical (unpaired) electrons. The summed E-state index contributed by atoms with van der Waals surface area (Å²) in [5.41, 5.74) is 2.01. The number of nitrogens with zero attached hydrogens (tertiary/aromatic N) is 2. The van der Waals surface area contributed by atoms with Crippen LogP contribution in [0.3, 0.4) is 0 Å². The zero-order chi connectivity index (χ0) is 13.2. The second-order valence-corrected chi connectivity index (χ2v) is 5.01. The number of hydrogen-bond acceptors (Lipinski definition) is 3. The predicted molar refractivity (Wildman–Crippen MR) is 75.0 cm³/mol. The second kappa shape index (κ2) is 5.11. The van der Waals surface area contributed by atoms with Crippen LogP contribution in [0.25, 0.3) is 11.0 Å². The lowest BCUT2D eigenvalue weighted by Crippen LogP contribution is -2.07. The fourth-order valence-electron chi connectivity index (χ4n) is 2.90. The van der Waals surface area contributed by atoms with Crippen molar-refractivity contribution in [3.05, 3.63) is 18.0 Å². The Morgan fingerprint density at radius 3 is 2.53 bits per heavy atom. The molecule has 3 rings (SSSR count). The van der Waals surface area contributed by atoms with Crippen LogP contribution in [0.15, 0.2) is 12.1 Å². The number of imidazole rings is 1. The van der Waals surface area contributed by atoms with Crippen molar-refractivity contribution in [2.45, 2.75) is 38.6 Å². The van der Waals surface area contributed by atoms with Gasteiger partial charge in [-0.3, -0.25) is 0 Å². The van der Waals surface area contributed by atoms with Crippen molar-refractivity contribution in [2.24, 2.45) is 0 Å². The number of fused-ring (bicyclic) bond motifs is 3. The van der Waals surface area contributed by atoms with Gasteiger partial charge in [0, 0.05) is 13.0 Å². The van der Waals surface area contributed by atoms with Crippen LogP contribution < -0.4 is 9.47 Å². The Morgan fingerprint density at radius 2 is 1.74 bits per heavy atom. The first-order valence-electron chi connectivity index (χ1n) is 6.95. The van der Waals surface area contributed by atoms with Gasteiger partial charge in [-0.15, -0.1) is 0 Å². The van der Waals surface area contributed by atoms with E-state index in [-0.39, 0.29) is 0 Å². The van der Waals surface area contributed by atoms with Crippen molar-refractivity contribution in [1.29, 1.82) is 0 Å². The van der Waals surface area contributed by atoms with Crippen LogP contribution in [0.5, 0.6) is 11.5 Å². The van der Waals surface area contributed by atoms with Crippen molar-refractivity contribution in [1.82, 2.24) is 9.55 Å². The molecule has 0 bridgehead atoms. The number of aryl methyl sites for hydroxylation is 2. The topological polar surface area (TPSA) is 36.3 Å². The molecule has 1 aliphatic rings. The van der Waals surface area contributed by atoms with Gasteiger partial charge in [0.15, 0.2) is 0 Å². The average Bonchev–Trinajstić information content (AvgIpc) is 2.75. The first kappa shape index (κ1) is 12.3. The molecule has 1 aliphatic heterocycles. The first-order valence-corrected chi connectivity index (χ1v) is 6.95. The van der Waals surface area contributed by atoms with Crippen LogP contribution >= 0.6 is 0 Å². The average molecular weight is 260 g/mol. The van der Waals surface area contributed by atoms with Gasteiger partial charge < -0.3 is 14.0 Å². The van der Waals surface area contributed by atoms with Crippen molar-refractivity contribution >= 4 is 11.0 Å². The summed E-state index contributed by atoms with van der Waals surface area (Å²) in [6.07, 6.45) is 6.07. The molecule has 2 heterocycles. The Labute approximate surface area is 113 Å². The van der Waals surface area contributed by atoms with Crippen LogP contribution in [0.1, 0.15) is 31.5 Å². The van der Waals surface area contributed by atoms with E-state index in [0.29, 0.717) is 0 Å². The van der Waals surface area contributed by atoms with E-state index < -0.39 is 0 Å². The van der Waals surface area contributed by atoms with Crippen LogP contribution in [0.2, 0.25) is 0 Å². The molecule has 0 fully saturated rings. The molecule has 0 spiro atoms. The normalized spacial score (nSPS) is 15.7. The maximum absolute atomic E-state index is 5.51. The van der Waals surface area contributed by atoms with E-state index in [4.69, 9.17) is 14.5 Å². The van der Waals surface area contributed by atoms with Gasteiger partial charge in [-0.05, 0) is 25.0 Å². The van der Waals surface area contributed by atoms with E-state index in [1.165, 1.54) is 25.7 Å². The monoisotopic (exact) mass is 260 g/mol. The Hall–Kier alpha value is -1.71. The highest BCUT2D eigenvalue weighted by molar-refractivity contribution is 5.88. The largest absolute Gasteiger partial charge is 0.494 e. The molecule has 2 aromatic rings. The standard InChI is InChI=1S/C15H20N2O2/c1-18-11-8-9-12(19-2)15-14(11)16-13-7-5-3-4-6-10-17(13)15/h8-9H,3-7,10H2,1-2H3. The molecule has 102 valence electrons. The molecule has 19 heavy (non-hydrogen) atoms. The fraction of sp³-hybridized carbons (Fsp3) is 0.533. The number of aromatic nitrogens is 2. The number of ether oxygens (including phenoxy) is 2. The minimum Gasteiger partial charge on any atom is -0.494 e. The van der Waals surface area contributed by atoms with E-state index in [9.17, 15) is 0 Å². The SMILES string of the molecule is COc1ccc(OC)c2c1nc1n2CCCCCC1. The van der Waals surface area contributed by atoms with Crippen molar-refractivity contribution in [2.75, 3.05) is 14.2 Å². The third kappa shape index (κ3) is 2.05. The van der Waals surface area contributed by atoms with Crippen LogP contribution in [-0.2, 0) is 13.0 Å². The third-order valence-electron chi connectivity index (χ3n) is 3.87. The lowest BCUT2D eigenvalue weighted by atomic mass is 10.1. The molecular formula is C15H20N2O2. The molecule has 0 unspecified atom stereocenters. The highest BCUT2D eigenvalue weighted by atomic mass is 16.5. The van der Waals surface area contributed by atoms with E-state index in [1.54, 1.807) is 14.2 Å². The molecule has 1 aromatic carbocycles. The Kier molecular flexibility index (Phi) is 3.32. The quantitative estimate of drug-likeness (QED) is 0.832. The molecule has 0 saturated carbocycles. The summed E-state index contributed by atoms with van der Waals surface area (Å²) in [6.45, 7) is 1.02. The first-order chi connectivity index (χ1) is 9.35. The summed E-state index contributed by atoms with van der Waals surface area (Å²) in [6, 6.07) is 3.90. The molecule has 4 nitrogen and oxygen atoms in total. The summed E-state index contributed by atoms with van der Waals surface area (Å²) < 4.78 is 13.3. The molecule has 0 amide bonds. The number of benzene rings is 1. The van der Waals surface area contributed by atoms with Crippen LogP contribution in [-0.4, -0.2) is 23.8 Å². The predicted octanol–water partition coefficient (Wildman–Crippen LogP) is 3.17. The van der Waals surface area contributed by atoms with Gasteiger partial charge in [0.25, 0.3) is 0 Å². The van der Waals surface area contributed by atoms with Crippen molar-refractivity contribution in [3.63, 3.8) is 0 Å². The van der Waals surface area contributed by atoms with Crippen LogP contribution in [0, 0.1) is 0 Å². The zero-order valence-electron chi connectivity index (χ0n) is 11.6. The molecule has 0 saturated heterocycles. The molecule has 4 heteroatoms. The lowest BCUT2D eigenvalue weighted by molar-refractivity contribution is 0.408. The van der Waals surface area contributed by atoms with Gasteiger partial charge in [-0.2, -0.15) is 0 Å². The molecule has 0 N–H and O–H groups in total. The van der Waals surface area contributed by atoms with E-state index in [1.807, 2.05) is 12.1 Å². The smallest absolute Gasteiger partial charge is 0.146 e. The molecular weight excluding hydrogens is 240 g/mol. The van der Waals surface area contributed by atoms with Gasteiger partial charge in [-0.25, -0.2) is 4.98 Å². The summed E-state index contributed by atoms with van der Waals surface area (Å²) in [5, 5.41) is 0. The minimum atomic E-state index is 0.829. The lowest BCUT2D eigenvalue weighted by Gasteiger charge is -2.14. The van der Waals surface area contributed by atoms with Gasteiger partial charge in [0.1, 0.15) is 28.4 Å². The molecule has 0 atom stereocenters. The highest BCUT2D eigenvalue weighted by Crippen LogP contribution is 2.34. The maximum atomic E-state index is 5.51. The van der Waals surface area contributed by atoms with Crippen molar-refractivity contribution < 1.29 is 9.47 Å². The van der Waals surface area contributed by atoms with Gasteiger partial charge in [0.2, 0.25) is 0 Å². The summed E-state index contributed by atoms with van der Waals surface area (Å²) >= 11 is 0. The number of methoxy groups -OCH3 is 2. The van der Waals surface area contributed by atoms with Gasteiger partial charge in [-0.1, -0.05) is 12.8 Å². The summed E-state index contributed by atoms with van der Waals surface area (Å²) in [7, 11) is 3.40. The van der Waals surface area contributed by atoms with Gasteiger partial charge in [0.05, 0.1) is 14.2 Å². The highest BCUT2D eigenvalue weighted by Gasteiger charge is 2.18. The summed E-state index contributed by atoms with van der Waals surface area (Å²) in [4.78, 5) is 4.79. The van der Waals surface area contributed by atoms with Crippen molar-refractivity contribution in [3.8, 4) is 11.5 Å². The third-order valence-corrected chi connectivity index (χ3v) is 3.87. The van der Waals surface area contributed by atoms with E-state index in [0.717, 1.165) is 41.3 Å². The van der Waals surface area contributed by atoms with E-state index in [2.05, 4.69) is 4.57 Å². The Balaban J connectivity index is 2.24. The fourth-order valence-corrected chi connectivity index (χ4v) is 2.90. The number of hydrogen-bond donors (Lipinski definition) is 0. The summed E-state index contributed by atoms with van der Waals surface area (Å²) in [5.74, 6) is 2.88. The number of rotatable bonds is 2. The minimum absolute atomic E-state index is 0.829. The zero-order valence-corrected chi connectivity index (χ0v) is 11.6. The maximum Gasteiger partial charge on any atom is 0.146 e. The second-order valence-electron chi connectivity index (χ2n) is 5.01. The van der Waals surface area contributed by atoms with E-state index >= 15 is 0 Å². The Morgan fingerprint density at radius 1 is 1.00 bits per heavy atom. The molecule has 0 aliphatic carbocycles. The van der Waals surface area contributed by atoms with Gasteiger partial charge >= 0.3 is 0 Å². The van der Waals surface area contributed by atoms with Crippen LogP contribution in [0.4, 0.5) is 0 Å². The molecule has 1 aromatic heterocycles. The Bertz CT molecular complexity index is 589.